The van der Waals surface area contributed by atoms with Crippen molar-refractivity contribution in [2.45, 2.75) is 6.54 Å². The molecule has 4 N–H and O–H groups in total. The van der Waals surface area contributed by atoms with Gasteiger partial charge in [-0.25, -0.2) is 0 Å². The third kappa shape index (κ3) is 3.10. The van der Waals surface area contributed by atoms with Crippen LogP contribution in [0.1, 0.15) is 11.3 Å². The first-order valence-electron chi connectivity index (χ1n) is 5.06. The molecule has 0 amide bonds. The Morgan fingerprint density at radius 1 is 1.56 bits per heavy atom. The van der Waals surface area contributed by atoms with Gasteiger partial charge in [0.25, 0.3) is 0 Å². The molecule has 0 saturated carbocycles. The molecule has 0 saturated heterocycles. The molecule has 4 nitrogen and oxygen atoms in total. The normalized spacial score (nSPS) is 10.3. The van der Waals surface area contributed by atoms with E-state index in [2.05, 4.69) is 10.3 Å². The Bertz CT molecular complexity index is 635. The Kier molecular flexibility index (Phi) is 4.00. The van der Waals surface area contributed by atoms with Crippen molar-refractivity contribution in [2.75, 3.05) is 5.32 Å². The number of thiocarbonyl (C=S) groups is 1. The average molecular weight is 300 g/mol. The number of rotatable bonds is 4. The topological polar surface area (TPSA) is 70.9 Å². The van der Waals surface area contributed by atoms with Crippen LogP contribution in [-0.2, 0) is 6.54 Å². The maximum atomic E-state index is 11.0. The summed E-state index contributed by atoms with van der Waals surface area (Å²) in [5.74, 6) is 0. The van der Waals surface area contributed by atoms with Gasteiger partial charge in [-0.3, -0.25) is 4.79 Å². The van der Waals surface area contributed by atoms with Crippen molar-refractivity contribution in [1.29, 1.82) is 0 Å². The lowest BCUT2D eigenvalue weighted by molar-refractivity contribution is 1.06. The van der Waals surface area contributed by atoms with Gasteiger partial charge in [0, 0.05) is 27.3 Å². The van der Waals surface area contributed by atoms with Crippen LogP contribution in [0.2, 0.25) is 5.02 Å². The SMILES string of the molecule is NC(=S)c1ccc(Cl)cc1NCc1csc(=O)[nH]1. The molecule has 0 aliphatic carbocycles. The molecule has 18 heavy (non-hydrogen) atoms. The molecule has 0 spiro atoms. The Labute approximate surface area is 118 Å². The number of nitrogens with two attached hydrogens (primary N) is 1. The van der Waals surface area contributed by atoms with E-state index in [9.17, 15) is 4.79 Å². The minimum absolute atomic E-state index is 0.0764. The van der Waals surface area contributed by atoms with Crippen LogP contribution in [0.25, 0.3) is 0 Å². The fourth-order valence-corrected chi connectivity index (χ4v) is 2.40. The van der Waals surface area contributed by atoms with Crippen LogP contribution in [0, 0.1) is 0 Å². The number of H-pyrrole nitrogens is 1. The molecule has 1 aromatic heterocycles. The van der Waals surface area contributed by atoms with E-state index in [4.69, 9.17) is 29.6 Å². The standard InChI is InChI=1S/C11H10ClN3OS2/c12-6-1-2-8(10(13)17)9(3-6)14-4-7-5-18-11(16)15-7/h1-3,5,14H,4H2,(H2,13,17)(H,15,16). The van der Waals surface area contributed by atoms with Gasteiger partial charge < -0.3 is 16.0 Å². The fraction of sp³-hybridized carbons (Fsp3) is 0.0909. The van der Waals surface area contributed by atoms with E-state index in [0.717, 1.165) is 28.3 Å². The minimum Gasteiger partial charge on any atom is -0.389 e. The van der Waals surface area contributed by atoms with Crippen molar-refractivity contribution in [3.63, 3.8) is 0 Å². The highest BCUT2D eigenvalue weighted by molar-refractivity contribution is 7.80. The number of hydrogen-bond acceptors (Lipinski definition) is 4. The van der Waals surface area contributed by atoms with Crippen LogP contribution >= 0.6 is 35.2 Å². The first-order valence-corrected chi connectivity index (χ1v) is 6.73. The van der Waals surface area contributed by atoms with Crippen LogP contribution in [-0.4, -0.2) is 9.97 Å². The van der Waals surface area contributed by atoms with Gasteiger partial charge in [0.05, 0.1) is 6.54 Å². The predicted octanol–water partition coefficient (Wildman–Crippen LogP) is 2.34. The van der Waals surface area contributed by atoms with E-state index in [1.54, 1.807) is 23.6 Å². The quantitative estimate of drug-likeness (QED) is 0.758. The maximum absolute atomic E-state index is 11.0. The van der Waals surface area contributed by atoms with Crippen LogP contribution in [0.3, 0.4) is 0 Å². The van der Waals surface area contributed by atoms with Crippen LogP contribution in [0.5, 0.6) is 0 Å². The molecule has 0 bridgehead atoms. The van der Waals surface area contributed by atoms with E-state index in [1.807, 2.05) is 0 Å². The van der Waals surface area contributed by atoms with Gasteiger partial charge in [-0.2, -0.15) is 0 Å². The molecule has 0 radical (unpaired) electrons. The van der Waals surface area contributed by atoms with Gasteiger partial charge in [0.1, 0.15) is 4.99 Å². The number of hydrogen-bond donors (Lipinski definition) is 3. The minimum atomic E-state index is -0.0764. The molecule has 0 fully saturated rings. The van der Waals surface area contributed by atoms with E-state index in [1.165, 1.54) is 0 Å². The maximum Gasteiger partial charge on any atom is 0.304 e. The summed E-state index contributed by atoms with van der Waals surface area (Å²) in [6.45, 7) is 0.481. The number of anilines is 1. The Balaban J connectivity index is 2.20. The summed E-state index contributed by atoms with van der Waals surface area (Å²) in [6, 6.07) is 5.25. The van der Waals surface area contributed by atoms with Crippen molar-refractivity contribution in [3.8, 4) is 0 Å². The van der Waals surface area contributed by atoms with Gasteiger partial charge in [0.15, 0.2) is 0 Å². The predicted molar refractivity (Wildman–Crippen MR) is 79.6 cm³/mol. The van der Waals surface area contributed by atoms with Gasteiger partial charge in [-0.1, -0.05) is 35.2 Å². The summed E-state index contributed by atoms with van der Waals surface area (Å²) in [5, 5.41) is 5.51. The van der Waals surface area contributed by atoms with Crippen LogP contribution in [0.4, 0.5) is 5.69 Å². The molecular formula is C11H10ClN3OS2. The molecule has 1 aromatic carbocycles. The lowest BCUT2D eigenvalue weighted by atomic mass is 10.1. The van der Waals surface area contributed by atoms with E-state index in [0.29, 0.717) is 16.6 Å². The van der Waals surface area contributed by atoms with Crippen LogP contribution in [0.15, 0.2) is 28.4 Å². The number of aromatic nitrogens is 1. The smallest absolute Gasteiger partial charge is 0.304 e. The highest BCUT2D eigenvalue weighted by atomic mass is 35.5. The second-order valence-corrected chi connectivity index (χ2v) is 5.30. The average Bonchev–Trinajstić information content (AvgIpc) is 2.72. The van der Waals surface area contributed by atoms with Crippen molar-refractivity contribution in [2.24, 2.45) is 5.73 Å². The monoisotopic (exact) mass is 299 g/mol. The summed E-state index contributed by atoms with van der Waals surface area (Å²) in [4.78, 5) is 13.9. The van der Waals surface area contributed by atoms with E-state index in [-0.39, 0.29) is 4.87 Å². The van der Waals surface area contributed by atoms with Crippen molar-refractivity contribution >= 4 is 45.8 Å². The van der Waals surface area contributed by atoms with E-state index < -0.39 is 0 Å². The van der Waals surface area contributed by atoms with E-state index >= 15 is 0 Å². The van der Waals surface area contributed by atoms with Crippen molar-refractivity contribution in [3.05, 3.63) is 49.5 Å². The molecule has 94 valence electrons. The Morgan fingerprint density at radius 3 is 2.94 bits per heavy atom. The number of benzene rings is 1. The largest absolute Gasteiger partial charge is 0.389 e. The molecule has 2 rings (SSSR count). The lowest BCUT2D eigenvalue weighted by Crippen LogP contribution is -2.13. The zero-order valence-electron chi connectivity index (χ0n) is 9.20. The second-order valence-electron chi connectivity index (χ2n) is 3.58. The molecule has 7 heteroatoms. The second kappa shape index (κ2) is 5.51. The van der Waals surface area contributed by atoms with Gasteiger partial charge in [-0.05, 0) is 18.2 Å². The molecule has 1 heterocycles. The summed E-state index contributed by atoms with van der Waals surface area (Å²) in [5.41, 5.74) is 7.92. The lowest BCUT2D eigenvalue weighted by Gasteiger charge is -2.10. The molecule has 0 aliphatic heterocycles. The van der Waals surface area contributed by atoms with Gasteiger partial charge in [-0.15, -0.1) is 0 Å². The Morgan fingerprint density at radius 2 is 2.33 bits per heavy atom. The van der Waals surface area contributed by atoms with Crippen LogP contribution < -0.4 is 15.9 Å². The Hall–Kier alpha value is -1.37. The number of thiazole rings is 1. The first kappa shape index (κ1) is 13.1. The fourth-order valence-electron chi connectivity index (χ4n) is 1.47. The summed E-state index contributed by atoms with van der Waals surface area (Å²) >= 11 is 12.0. The highest BCUT2D eigenvalue weighted by Gasteiger charge is 2.06. The third-order valence-corrected chi connectivity index (χ3v) is 3.46. The molecule has 0 atom stereocenters. The molecule has 0 unspecified atom stereocenters. The van der Waals surface area contributed by atoms with Crippen molar-refractivity contribution < 1.29 is 0 Å². The first-order chi connectivity index (χ1) is 8.56. The summed E-state index contributed by atoms with van der Waals surface area (Å²) < 4.78 is 0. The summed E-state index contributed by atoms with van der Waals surface area (Å²) in [6.07, 6.45) is 0. The zero-order valence-corrected chi connectivity index (χ0v) is 11.6. The molecular weight excluding hydrogens is 290 g/mol. The van der Waals surface area contributed by atoms with Gasteiger partial charge >= 0.3 is 4.87 Å². The van der Waals surface area contributed by atoms with Crippen molar-refractivity contribution in [1.82, 2.24) is 4.98 Å². The zero-order chi connectivity index (χ0) is 13.1. The third-order valence-electron chi connectivity index (χ3n) is 2.29. The number of nitrogens with one attached hydrogen (secondary N) is 2. The summed E-state index contributed by atoms with van der Waals surface area (Å²) in [7, 11) is 0. The number of halogens is 1. The highest BCUT2D eigenvalue weighted by Crippen LogP contribution is 2.21. The number of aromatic amines is 1. The molecule has 0 aliphatic rings. The van der Waals surface area contributed by atoms with Gasteiger partial charge in [0.2, 0.25) is 0 Å². The molecule has 2 aromatic rings.